The Morgan fingerprint density at radius 1 is 0.808 bits per heavy atom. The maximum absolute atomic E-state index is 2.33. The van der Waals surface area contributed by atoms with Crippen LogP contribution in [0.2, 0.25) is 0 Å². The molecule has 0 nitrogen and oxygen atoms in total. The molecule has 0 spiro atoms. The molecule has 0 radical (unpaired) electrons. The zero-order valence-electron chi connectivity index (χ0n) is 16.8. The molecule has 0 aliphatic carbocycles. The molecule has 0 fully saturated rings. The molecule has 1 unspecified atom stereocenters. The molecular formula is C24H38FeS. The fraction of sp³-hybridized carbons (Fsp3) is 0.583. The van der Waals surface area contributed by atoms with Gasteiger partial charge in [0.05, 0.1) is 0 Å². The predicted octanol–water partition coefficient (Wildman–Crippen LogP) is 8.52. The zero-order valence-corrected chi connectivity index (χ0v) is 18.7. The summed E-state index contributed by atoms with van der Waals surface area (Å²) >= 11 is 2.11. The van der Waals surface area contributed by atoms with Crippen molar-refractivity contribution in [2.45, 2.75) is 83.3 Å². The van der Waals surface area contributed by atoms with E-state index >= 15 is 0 Å². The molecule has 2 heteroatoms. The number of hydrogen-bond acceptors (Lipinski definition) is 1. The summed E-state index contributed by atoms with van der Waals surface area (Å²) in [7, 11) is 0. The van der Waals surface area contributed by atoms with Crippen LogP contribution in [0.25, 0.3) is 0 Å². The van der Waals surface area contributed by atoms with Crippen LogP contribution in [0.3, 0.4) is 0 Å². The average Bonchev–Trinajstić information content (AvgIpc) is 3.35. The maximum Gasteiger partial charge on any atom is 2.00 e. The number of hydrogen-bond donors (Lipinski definition) is 0. The van der Waals surface area contributed by atoms with Gasteiger partial charge in [-0.15, -0.1) is 0 Å². The quantitative estimate of drug-likeness (QED) is 0.180. The van der Waals surface area contributed by atoms with Crippen molar-refractivity contribution in [3.8, 4) is 0 Å². The first-order valence-electron chi connectivity index (χ1n) is 10.3. The number of rotatable bonds is 13. The van der Waals surface area contributed by atoms with Gasteiger partial charge in [-0.3, -0.25) is 0 Å². The molecular weight excluding hydrogens is 376 g/mol. The van der Waals surface area contributed by atoms with Crippen molar-refractivity contribution in [1.82, 2.24) is 0 Å². The van der Waals surface area contributed by atoms with Crippen LogP contribution in [0.4, 0.5) is 0 Å². The molecule has 26 heavy (non-hydrogen) atoms. The van der Waals surface area contributed by atoms with Crippen LogP contribution in [0.15, 0.2) is 54.6 Å². The third kappa shape index (κ3) is 14.7. The predicted molar refractivity (Wildman–Crippen MR) is 117 cm³/mol. The van der Waals surface area contributed by atoms with Gasteiger partial charge in [-0.05, 0) is 12.2 Å². The van der Waals surface area contributed by atoms with E-state index in [-0.39, 0.29) is 17.1 Å². The summed E-state index contributed by atoms with van der Waals surface area (Å²) in [6.07, 6.45) is 14.3. The fourth-order valence-corrected chi connectivity index (χ4v) is 4.00. The van der Waals surface area contributed by atoms with Gasteiger partial charge in [-0.1, -0.05) is 71.6 Å². The van der Waals surface area contributed by atoms with Crippen molar-refractivity contribution in [3.63, 3.8) is 0 Å². The minimum absolute atomic E-state index is 0. The van der Waals surface area contributed by atoms with Crippen LogP contribution in [-0.2, 0) is 17.1 Å². The van der Waals surface area contributed by atoms with Gasteiger partial charge in [-0.25, -0.2) is 24.3 Å². The van der Waals surface area contributed by atoms with Crippen molar-refractivity contribution in [3.05, 3.63) is 60.2 Å². The Bertz CT molecular complexity index is 429. The first-order chi connectivity index (χ1) is 12.3. The maximum atomic E-state index is 2.33. The van der Waals surface area contributed by atoms with E-state index in [4.69, 9.17) is 0 Å². The monoisotopic (exact) mass is 414 g/mol. The van der Waals surface area contributed by atoms with Gasteiger partial charge in [-0.2, -0.15) is 47.7 Å². The van der Waals surface area contributed by atoms with Crippen LogP contribution in [0.5, 0.6) is 0 Å². The van der Waals surface area contributed by atoms with Crippen molar-refractivity contribution < 1.29 is 17.1 Å². The summed E-state index contributed by atoms with van der Waals surface area (Å²) in [5.74, 6) is 1.32. The van der Waals surface area contributed by atoms with Crippen molar-refractivity contribution in [1.29, 1.82) is 0 Å². The third-order valence-electron chi connectivity index (χ3n) is 4.58. The van der Waals surface area contributed by atoms with Crippen molar-refractivity contribution >= 4 is 11.8 Å². The zero-order chi connectivity index (χ0) is 18.0. The van der Waals surface area contributed by atoms with Gasteiger partial charge in [0.15, 0.2) is 0 Å². The Hall–Kier alpha value is -0.431. The Morgan fingerprint density at radius 3 is 1.85 bits per heavy atom. The van der Waals surface area contributed by atoms with E-state index < -0.39 is 0 Å². The average molecular weight is 414 g/mol. The van der Waals surface area contributed by atoms with E-state index in [1.54, 1.807) is 0 Å². The largest absolute Gasteiger partial charge is 2.00 e. The second-order valence-electron chi connectivity index (χ2n) is 6.88. The molecule has 0 N–H and O–H groups in total. The summed E-state index contributed by atoms with van der Waals surface area (Å²) in [6.45, 7) is 4.62. The molecule has 2 aromatic rings. The SMILES string of the molecule is CCCCCCCCCCCCSC(C)c1ccc[cH-]1.[Fe+2].c1cc[cH-]c1. The van der Waals surface area contributed by atoms with E-state index in [1.807, 2.05) is 30.3 Å². The third-order valence-corrected chi connectivity index (χ3v) is 5.88. The first kappa shape index (κ1) is 25.6. The van der Waals surface area contributed by atoms with E-state index in [2.05, 4.69) is 49.9 Å². The van der Waals surface area contributed by atoms with Crippen LogP contribution >= 0.6 is 11.8 Å². The Labute approximate surface area is 177 Å². The smallest absolute Gasteiger partial charge is 0.214 e. The molecule has 0 saturated heterocycles. The summed E-state index contributed by atoms with van der Waals surface area (Å²) in [5.41, 5.74) is 1.49. The van der Waals surface area contributed by atoms with E-state index in [0.29, 0.717) is 5.25 Å². The van der Waals surface area contributed by atoms with Crippen molar-refractivity contribution in [2.75, 3.05) is 5.75 Å². The van der Waals surface area contributed by atoms with Gasteiger partial charge in [0, 0.05) is 5.25 Å². The van der Waals surface area contributed by atoms with E-state index in [0.717, 1.165) is 0 Å². The molecule has 0 amide bonds. The molecule has 148 valence electrons. The van der Waals surface area contributed by atoms with Crippen LogP contribution in [-0.4, -0.2) is 5.75 Å². The van der Waals surface area contributed by atoms with Crippen LogP contribution in [0, 0.1) is 0 Å². The summed E-state index contributed by atoms with van der Waals surface area (Å²) in [5, 5.41) is 0.670. The standard InChI is InChI=1S/C19H33S.C5H5.Fe/c1-3-4-5-6-7-8-9-10-11-14-17-20-18(2)19-15-12-13-16-19;1-2-4-5-3-1;/h12-13,15-16,18H,3-11,14,17H2,1-2H3;1-5H;/q2*-1;+2. The minimum atomic E-state index is 0. The Kier molecular flexibility index (Phi) is 19.0. The summed E-state index contributed by atoms with van der Waals surface area (Å²) < 4.78 is 0. The Morgan fingerprint density at radius 2 is 1.38 bits per heavy atom. The summed E-state index contributed by atoms with van der Waals surface area (Å²) in [4.78, 5) is 0. The molecule has 1 atom stereocenters. The van der Waals surface area contributed by atoms with Gasteiger partial charge in [0.2, 0.25) is 0 Å². The summed E-state index contributed by atoms with van der Waals surface area (Å²) in [6, 6.07) is 18.8. The van der Waals surface area contributed by atoms with Crippen LogP contribution in [0.1, 0.15) is 88.9 Å². The Balaban J connectivity index is 0.000000893. The first-order valence-corrected chi connectivity index (χ1v) is 11.4. The fourth-order valence-electron chi connectivity index (χ4n) is 2.93. The van der Waals surface area contributed by atoms with Gasteiger partial charge in [0.1, 0.15) is 0 Å². The number of unbranched alkanes of at least 4 members (excludes halogenated alkanes) is 9. The molecule has 0 aromatic heterocycles. The molecule has 0 saturated carbocycles. The van der Waals surface area contributed by atoms with E-state index in [1.165, 1.54) is 75.5 Å². The molecule has 0 heterocycles. The number of thioether (sulfide) groups is 1. The van der Waals surface area contributed by atoms with Gasteiger partial charge >= 0.3 is 17.1 Å². The molecule has 0 aliphatic rings. The minimum Gasteiger partial charge on any atom is -0.214 e. The normalized spacial score (nSPS) is 11.3. The second-order valence-corrected chi connectivity index (χ2v) is 8.32. The van der Waals surface area contributed by atoms with Gasteiger partial charge in [0.25, 0.3) is 0 Å². The molecule has 0 bridgehead atoms. The topological polar surface area (TPSA) is 0 Å². The molecule has 0 aliphatic heterocycles. The van der Waals surface area contributed by atoms with E-state index in [9.17, 15) is 0 Å². The second kappa shape index (κ2) is 19.3. The van der Waals surface area contributed by atoms with Crippen molar-refractivity contribution in [2.24, 2.45) is 0 Å². The molecule has 2 aromatic carbocycles. The van der Waals surface area contributed by atoms with Crippen LogP contribution < -0.4 is 0 Å². The molecule has 2 rings (SSSR count). The van der Waals surface area contributed by atoms with Gasteiger partial charge < -0.3 is 0 Å².